The van der Waals surface area contributed by atoms with Crippen molar-refractivity contribution in [3.63, 3.8) is 0 Å². The van der Waals surface area contributed by atoms with Crippen molar-refractivity contribution < 1.29 is 17.9 Å². The van der Waals surface area contributed by atoms with E-state index in [4.69, 9.17) is 4.74 Å². The Labute approximate surface area is 228 Å². The smallest absolute Gasteiger partial charge is 0.393 e. The van der Waals surface area contributed by atoms with E-state index in [2.05, 4.69) is 60.7 Å². The lowest BCUT2D eigenvalue weighted by molar-refractivity contribution is -0.126. The van der Waals surface area contributed by atoms with E-state index in [1.165, 1.54) is 16.6 Å². The normalized spacial score (nSPS) is 18.3. The van der Waals surface area contributed by atoms with Gasteiger partial charge in [-0.3, -0.25) is 0 Å². The average molecular weight is 562 g/mol. The van der Waals surface area contributed by atoms with Crippen LogP contribution in [0.1, 0.15) is 23.8 Å². The number of hydrogen-bond acceptors (Lipinski definition) is 5. The van der Waals surface area contributed by atoms with Gasteiger partial charge in [0.15, 0.2) is 0 Å². The Kier molecular flexibility index (Phi) is 9.13. The third-order valence-electron chi connectivity index (χ3n) is 6.92. The number of nitrogens with zero attached hydrogens (tertiary/aromatic N) is 1. The fourth-order valence-electron chi connectivity index (χ4n) is 4.90. The number of fused-ring (bicyclic) bond motifs is 1. The summed E-state index contributed by atoms with van der Waals surface area (Å²) in [7, 11) is 3.50. The first-order valence-electron chi connectivity index (χ1n) is 12.7. The number of hydrogen-bond donors (Lipinski definition) is 2. The Bertz CT molecular complexity index is 1330. The van der Waals surface area contributed by atoms with Crippen LogP contribution in [0.3, 0.4) is 0 Å². The van der Waals surface area contributed by atoms with Gasteiger partial charge in [-0.15, -0.1) is 11.3 Å². The first-order chi connectivity index (χ1) is 18.1. The molecule has 1 fully saturated rings. The van der Waals surface area contributed by atoms with Crippen molar-refractivity contribution in [3.05, 3.63) is 46.8 Å². The molecule has 38 heavy (non-hydrogen) atoms. The summed E-state index contributed by atoms with van der Waals surface area (Å²) in [6, 6.07) is 11.9. The second kappa shape index (κ2) is 12.2. The minimum absolute atomic E-state index is 0.249. The van der Waals surface area contributed by atoms with Gasteiger partial charge in [-0.25, -0.2) is 0 Å². The molecule has 4 nitrogen and oxygen atoms in total. The summed E-state index contributed by atoms with van der Waals surface area (Å²) < 4.78 is 47.1. The molecular weight excluding hydrogens is 526 g/mol. The van der Waals surface area contributed by atoms with Gasteiger partial charge in [-0.1, -0.05) is 44.9 Å². The second-order valence-electron chi connectivity index (χ2n) is 10.1. The number of nitrogens with one attached hydrogen (secondary N) is 2. The first-order valence-corrected chi connectivity index (χ1v) is 15.7. The van der Waals surface area contributed by atoms with E-state index in [1.807, 2.05) is 24.3 Å². The van der Waals surface area contributed by atoms with Crippen LogP contribution in [0.2, 0.25) is 0 Å². The summed E-state index contributed by atoms with van der Waals surface area (Å²) in [5.41, 5.74) is 1.96. The summed E-state index contributed by atoms with van der Waals surface area (Å²) in [6.07, 6.45) is -4.32. The van der Waals surface area contributed by atoms with E-state index in [1.54, 1.807) is 13.2 Å². The maximum absolute atomic E-state index is 13.6. The van der Waals surface area contributed by atoms with Crippen LogP contribution in [-0.2, 0) is 6.42 Å². The predicted octanol–water partition coefficient (Wildman–Crippen LogP) is 6.60. The largest absolute Gasteiger partial charge is 0.495 e. The van der Waals surface area contributed by atoms with Gasteiger partial charge in [0.05, 0.1) is 41.0 Å². The quantitative estimate of drug-likeness (QED) is 0.252. The molecule has 2 atom stereocenters. The molecule has 0 radical (unpaired) electrons. The summed E-state index contributed by atoms with van der Waals surface area (Å²) in [4.78, 5) is 2.78. The minimum Gasteiger partial charge on any atom is -0.495 e. The van der Waals surface area contributed by atoms with Crippen LogP contribution in [0.5, 0.6) is 5.75 Å². The fraction of sp³-hybridized carbons (Fsp3) is 0.448. The van der Waals surface area contributed by atoms with Crippen molar-refractivity contribution in [2.75, 3.05) is 57.8 Å². The maximum Gasteiger partial charge on any atom is 0.393 e. The van der Waals surface area contributed by atoms with Crippen molar-refractivity contribution in [2.24, 2.45) is 5.92 Å². The van der Waals surface area contributed by atoms with E-state index in [9.17, 15) is 13.2 Å². The van der Waals surface area contributed by atoms with Crippen LogP contribution in [0.15, 0.2) is 36.4 Å². The lowest BCUT2D eigenvalue weighted by atomic mass is 9.94. The highest BCUT2D eigenvalue weighted by atomic mass is 32.1. The van der Waals surface area contributed by atoms with Gasteiger partial charge < -0.3 is 20.3 Å². The summed E-state index contributed by atoms with van der Waals surface area (Å²) in [6.45, 7) is 8.86. The fourth-order valence-corrected chi connectivity index (χ4v) is 6.82. The van der Waals surface area contributed by atoms with E-state index in [0.717, 1.165) is 41.3 Å². The zero-order valence-corrected chi connectivity index (χ0v) is 24.2. The molecule has 2 aromatic carbocycles. The predicted molar refractivity (Wildman–Crippen MR) is 157 cm³/mol. The van der Waals surface area contributed by atoms with Crippen LogP contribution in [0.25, 0.3) is 10.1 Å². The molecule has 0 saturated carbocycles. The van der Waals surface area contributed by atoms with E-state index in [0.29, 0.717) is 22.7 Å². The van der Waals surface area contributed by atoms with Gasteiger partial charge in [0, 0.05) is 12.6 Å². The monoisotopic (exact) mass is 561 g/mol. The van der Waals surface area contributed by atoms with E-state index in [-0.39, 0.29) is 19.5 Å². The van der Waals surface area contributed by atoms with Crippen molar-refractivity contribution >= 4 is 46.0 Å². The molecular formula is C29H35F3N3OPS. The third kappa shape index (κ3) is 6.94. The van der Waals surface area contributed by atoms with Crippen molar-refractivity contribution in [1.29, 1.82) is 0 Å². The molecule has 1 saturated heterocycles. The number of alkyl halides is 3. The standard InChI is InChI=1S/C29H35F3N3OPS/c1-19-18-35(2)15-13-23(19)34-25-9-6-8-21-22(17-29(30,31)32)27(38-28(21)25)10-7-14-33-24-12-11-20(37(4)5)16-26(24)36-3/h6,8-9,11-12,16,19,23,33-34H,13-15,17-18H2,1-5H3/t19-,23+/m1/s1. The lowest BCUT2D eigenvalue weighted by Crippen LogP contribution is -2.43. The number of rotatable bonds is 7. The van der Waals surface area contributed by atoms with Gasteiger partial charge in [0.2, 0.25) is 0 Å². The van der Waals surface area contributed by atoms with Crippen LogP contribution >= 0.6 is 19.3 Å². The molecule has 1 aliphatic heterocycles. The Balaban J connectivity index is 1.60. The minimum atomic E-state index is -4.32. The van der Waals surface area contributed by atoms with Crippen molar-refractivity contribution in [1.82, 2.24) is 4.90 Å². The van der Waals surface area contributed by atoms with Crippen molar-refractivity contribution in [2.45, 2.75) is 32.0 Å². The molecule has 2 heterocycles. The summed E-state index contributed by atoms with van der Waals surface area (Å²) >= 11 is 1.34. The van der Waals surface area contributed by atoms with Crippen LogP contribution in [0.4, 0.5) is 24.5 Å². The molecule has 0 spiro atoms. The van der Waals surface area contributed by atoms with Crippen molar-refractivity contribution in [3.8, 4) is 17.6 Å². The number of methoxy groups -OCH3 is 1. The Morgan fingerprint density at radius 2 is 1.97 bits per heavy atom. The molecule has 9 heteroatoms. The zero-order valence-electron chi connectivity index (χ0n) is 22.5. The van der Waals surface area contributed by atoms with E-state index >= 15 is 0 Å². The van der Waals surface area contributed by atoms with Gasteiger partial charge in [0.1, 0.15) is 5.75 Å². The van der Waals surface area contributed by atoms with Crippen LogP contribution in [-0.4, -0.2) is 64.2 Å². The molecule has 4 rings (SSSR count). The molecule has 1 aromatic heterocycles. The van der Waals surface area contributed by atoms with E-state index < -0.39 is 12.6 Å². The number of thiophene rings is 1. The number of piperidine rings is 1. The van der Waals surface area contributed by atoms with Gasteiger partial charge in [-0.05, 0) is 73.7 Å². The molecule has 3 aromatic rings. The van der Waals surface area contributed by atoms with Gasteiger partial charge >= 0.3 is 6.18 Å². The Morgan fingerprint density at radius 1 is 1.18 bits per heavy atom. The molecule has 0 bridgehead atoms. The molecule has 1 aliphatic rings. The van der Waals surface area contributed by atoms with Gasteiger partial charge in [-0.2, -0.15) is 13.2 Å². The molecule has 2 N–H and O–H groups in total. The topological polar surface area (TPSA) is 36.5 Å². The van der Waals surface area contributed by atoms with Crippen LogP contribution in [0, 0.1) is 17.8 Å². The molecule has 0 amide bonds. The number of anilines is 2. The highest BCUT2D eigenvalue weighted by Crippen LogP contribution is 2.39. The Morgan fingerprint density at radius 3 is 2.66 bits per heavy atom. The first kappa shape index (κ1) is 28.5. The average Bonchev–Trinajstić information content (AvgIpc) is 3.20. The number of halogens is 3. The summed E-state index contributed by atoms with van der Waals surface area (Å²) in [5.74, 6) is 7.26. The number of ether oxygens (including phenoxy) is 1. The zero-order chi connectivity index (χ0) is 27.4. The Hall–Kier alpha value is -2.46. The highest BCUT2D eigenvalue weighted by Gasteiger charge is 2.31. The number of benzene rings is 2. The molecule has 204 valence electrons. The third-order valence-corrected chi connectivity index (χ3v) is 9.42. The van der Waals surface area contributed by atoms with Gasteiger partial charge in [0.25, 0.3) is 0 Å². The summed E-state index contributed by atoms with van der Waals surface area (Å²) in [5, 5.41) is 8.75. The number of likely N-dealkylation sites (tertiary alicyclic amines) is 1. The molecule has 0 aliphatic carbocycles. The SMILES string of the molecule is COc1cc(P(C)C)ccc1NCC#Cc1sc2c(N[C@H]3CCN(C)C[C@H]3C)cccc2c1CC(F)(F)F. The lowest BCUT2D eigenvalue weighted by Gasteiger charge is -2.35. The van der Waals surface area contributed by atoms with Crippen LogP contribution < -0.4 is 20.7 Å². The highest BCUT2D eigenvalue weighted by molar-refractivity contribution is 7.64. The maximum atomic E-state index is 13.6. The molecule has 0 unspecified atom stereocenters. The second-order valence-corrected chi connectivity index (χ2v) is 13.4.